The second kappa shape index (κ2) is 9.50. The van der Waals surface area contributed by atoms with Gasteiger partial charge in [0.1, 0.15) is 0 Å². The van der Waals surface area contributed by atoms with Gasteiger partial charge in [0, 0.05) is 50.0 Å². The minimum atomic E-state index is -0.352. The molecule has 152 valence electrons. The summed E-state index contributed by atoms with van der Waals surface area (Å²) in [5, 5.41) is 19.9. The standard InChI is InChI=1S/C22H27N5O2/c1-24(2)12-11-22(19-5-9-21(10-6-19)27(28)29)26-15-13-25(14-16-26)20-7-3-18(17-23)4-8-20/h3-10,22H,11-16H2,1-2H3. The van der Waals surface area contributed by atoms with E-state index < -0.39 is 0 Å². The Labute approximate surface area is 171 Å². The van der Waals surface area contributed by atoms with Gasteiger partial charge in [-0.3, -0.25) is 15.0 Å². The summed E-state index contributed by atoms with van der Waals surface area (Å²) in [4.78, 5) is 17.6. The van der Waals surface area contributed by atoms with Crippen LogP contribution in [-0.4, -0.2) is 61.5 Å². The zero-order valence-corrected chi connectivity index (χ0v) is 17.0. The van der Waals surface area contributed by atoms with Crippen LogP contribution in [0.1, 0.15) is 23.6 Å². The summed E-state index contributed by atoms with van der Waals surface area (Å²) in [6.07, 6.45) is 0.974. The minimum Gasteiger partial charge on any atom is -0.369 e. The van der Waals surface area contributed by atoms with E-state index in [1.54, 1.807) is 12.1 Å². The van der Waals surface area contributed by atoms with Gasteiger partial charge in [0.05, 0.1) is 16.6 Å². The van der Waals surface area contributed by atoms with Crippen molar-refractivity contribution in [3.05, 3.63) is 69.8 Å². The highest BCUT2D eigenvalue weighted by molar-refractivity contribution is 5.50. The molecule has 1 fully saturated rings. The van der Waals surface area contributed by atoms with Crippen LogP contribution in [0.2, 0.25) is 0 Å². The normalized spacial score (nSPS) is 15.9. The van der Waals surface area contributed by atoms with Crippen LogP contribution in [-0.2, 0) is 0 Å². The number of nitriles is 1. The predicted molar refractivity (Wildman–Crippen MR) is 114 cm³/mol. The Hall–Kier alpha value is -2.95. The quantitative estimate of drug-likeness (QED) is 0.531. The number of hydrogen-bond acceptors (Lipinski definition) is 6. The van der Waals surface area contributed by atoms with Gasteiger partial charge in [-0.05, 0) is 56.9 Å². The average Bonchev–Trinajstić information content (AvgIpc) is 2.74. The Bertz CT molecular complexity index is 850. The van der Waals surface area contributed by atoms with Crippen LogP contribution in [0.15, 0.2) is 48.5 Å². The van der Waals surface area contributed by atoms with Gasteiger partial charge >= 0.3 is 0 Å². The molecule has 0 spiro atoms. The summed E-state index contributed by atoms with van der Waals surface area (Å²) < 4.78 is 0. The molecule has 0 radical (unpaired) electrons. The van der Waals surface area contributed by atoms with Crippen LogP contribution in [0.5, 0.6) is 0 Å². The molecule has 0 N–H and O–H groups in total. The molecule has 2 aromatic carbocycles. The number of hydrogen-bond donors (Lipinski definition) is 0. The molecule has 1 aliphatic rings. The van der Waals surface area contributed by atoms with Crippen molar-refractivity contribution in [3.63, 3.8) is 0 Å². The maximum Gasteiger partial charge on any atom is 0.269 e. The van der Waals surface area contributed by atoms with Crippen molar-refractivity contribution in [1.82, 2.24) is 9.80 Å². The molecule has 29 heavy (non-hydrogen) atoms. The molecule has 0 amide bonds. The van der Waals surface area contributed by atoms with Crippen molar-refractivity contribution in [3.8, 4) is 6.07 Å². The van der Waals surface area contributed by atoms with Crippen molar-refractivity contribution >= 4 is 11.4 Å². The molecular formula is C22H27N5O2. The second-order valence-corrected chi connectivity index (χ2v) is 7.64. The van der Waals surface area contributed by atoms with Crippen LogP contribution in [0.3, 0.4) is 0 Å². The van der Waals surface area contributed by atoms with Crippen LogP contribution in [0, 0.1) is 21.4 Å². The first-order valence-electron chi connectivity index (χ1n) is 9.86. The zero-order chi connectivity index (χ0) is 20.8. The molecule has 7 heteroatoms. The molecule has 1 aliphatic heterocycles. The monoisotopic (exact) mass is 393 g/mol. The van der Waals surface area contributed by atoms with Crippen molar-refractivity contribution in [2.75, 3.05) is 51.7 Å². The number of nitro groups is 1. The van der Waals surface area contributed by atoms with E-state index in [2.05, 4.69) is 34.9 Å². The summed E-state index contributed by atoms with van der Waals surface area (Å²) in [5.41, 5.74) is 3.08. The maximum atomic E-state index is 11.0. The SMILES string of the molecule is CN(C)CCC(c1ccc([N+](=O)[O-])cc1)N1CCN(c2ccc(C#N)cc2)CC1. The maximum absolute atomic E-state index is 11.0. The fraction of sp³-hybridized carbons (Fsp3) is 0.409. The van der Waals surface area contributed by atoms with E-state index in [1.165, 1.54) is 0 Å². The summed E-state index contributed by atoms with van der Waals surface area (Å²) in [6, 6.07) is 17.1. The van der Waals surface area contributed by atoms with Gasteiger partial charge in [-0.1, -0.05) is 12.1 Å². The zero-order valence-electron chi connectivity index (χ0n) is 17.0. The first-order chi connectivity index (χ1) is 14.0. The summed E-state index contributed by atoms with van der Waals surface area (Å²) in [6.45, 7) is 4.64. The average molecular weight is 393 g/mol. The molecule has 0 bridgehead atoms. The van der Waals surface area contributed by atoms with E-state index in [0.717, 1.165) is 50.4 Å². The lowest BCUT2D eigenvalue weighted by Gasteiger charge is -2.40. The Balaban J connectivity index is 1.70. The van der Waals surface area contributed by atoms with E-state index in [0.29, 0.717) is 5.56 Å². The molecule has 2 aromatic rings. The molecular weight excluding hydrogens is 366 g/mol. The minimum absolute atomic E-state index is 0.130. The molecule has 1 saturated heterocycles. The van der Waals surface area contributed by atoms with E-state index in [1.807, 2.05) is 36.4 Å². The lowest BCUT2D eigenvalue weighted by Crippen LogP contribution is -2.48. The fourth-order valence-corrected chi connectivity index (χ4v) is 3.80. The number of piperazine rings is 1. The lowest BCUT2D eigenvalue weighted by atomic mass is 10.00. The summed E-state index contributed by atoms with van der Waals surface area (Å²) in [7, 11) is 4.13. The van der Waals surface area contributed by atoms with Crippen molar-refractivity contribution < 1.29 is 4.92 Å². The van der Waals surface area contributed by atoms with Crippen molar-refractivity contribution in [2.24, 2.45) is 0 Å². The predicted octanol–water partition coefficient (Wildman–Crippen LogP) is 3.28. The molecule has 7 nitrogen and oxygen atoms in total. The summed E-state index contributed by atoms with van der Waals surface area (Å²) >= 11 is 0. The highest BCUT2D eigenvalue weighted by atomic mass is 16.6. The van der Waals surface area contributed by atoms with Gasteiger partial charge in [-0.2, -0.15) is 5.26 Å². The number of benzene rings is 2. The first kappa shape index (κ1) is 20.8. The number of nitrogens with zero attached hydrogens (tertiary/aromatic N) is 5. The molecule has 1 atom stereocenters. The third-order valence-corrected chi connectivity index (χ3v) is 5.46. The van der Waals surface area contributed by atoms with Gasteiger partial charge in [0.2, 0.25) is 0 Å². The third-order valence-electron chi connectivity index (χ3n) is 5.46. The van der Waals surface area contributed by atoms with E-state index in [9.17, 15) is 10.1 Å². The fourth-order valence-electron chi connectivity index (χ4n) is 3.80. The smallest absolute Gasteiger partial charge is 0.269 e. The van der Waals surface area contributed by atoms with Gasteiger partial charge in [0.25, 0.3) is 5.69 Å². The number of non-ortho nitro benzene ring substituents is 1. The van der Waals surface area contributed by atoms with E-state index in [4.69, 9.17) is 5.26 Å². The highest BCUT2D eigenvalue weighted by Gasteiger charge is 2.25. The Kier molecular flexibility index (Phi) is 6.81. The first-order valence-corrected chi connectivity index (χ1v) is 9.86. The molecule has 0 aliphatic carbocycles. The Morgan fingerprint density at radius 2 is 1.69 bits per heavy atom. The van der Waals surface area contributed by atoms with Crippen LogP contribution < -0.4 is 4.90 Å². The molecule has 0 saturated carbocycles. The van der Waals surface area contributed by atoms with Gasteiger partial charge in [-0.25, -0.2) is 0 Å². The lowest BCUT2D eigenvalue weighted by molar-refractivity contribution is -0.384. The largest absolute Gasteiger partial charge is 0.369 e. The number of nitro benzene ring substituents is 1. The number of anilines is 1. The Morgan fingerprint density at radius 3 is 2.21 bits per heavy atom. The van der Waals surface area contributed by atoms with E-state index >= 15 is 0 Å². The topological polar surface area (TPSA) is 76.7 Å². The van der Waals surface area contributed by atoms with Gasteiger partial charge < -0.3 is 9.80 Å². The van der Waals surface area contributed by atoms with Crippen molar-refractivity contribution in [2.45, 2.75) is 12.5 Å². The van der Waals surface area contributed by atoms with Crippen LogP contribution in [0.25, 0.3) is 0 Å². The Morgan fingerprint density at radius 1 is 1.07 bits per heavy atom. The van der Waals surface area contributed by atoms with Crippen molar-refractivity contribution in [1.29, 1.82) is 5.26 Å². The molecule has 1 unspecified atom stereocenters. The van der Waals surface area contributed by atoms with Crippen LogP contribution in [0.4, 0.5) is 11.4 Å². The molecule has 0 aromatic heterocycles. The molecule has 3 rings (SSSR count). The second-order valence-electron chi connectivity index (χ2n) is 7.64. The van der Waals surface area contributed by atoms with Gasteiger partial charge in [0.15, 0.2) is 0 Å². The van der Waals surface area contributed by atoms with Gasteiger partial charge in [-0.15, -0.1) is 0 Å². The third kappa shape index (κ3) is 5.31. The van der Waals surface area contributed by atoms with E-state index in [-0.39, 0.29) is 16.7 Å². The highest BCUT2D eigenvalue weighted by Crippen LogP contribution is 2.28. The number of rotatable bonds is 7. The van der Waals surface area contributed by atoms with Crippen LogP contribution >= 0.6 is 0 Å². The molecule has 1 heterocycles. The summed E-state index contributed by atoms with van der Waals surface area (Å²) in [5.74, 6) is 0.